The maximum absolute atomic E-state index is 13.5. The van der Waals surface area contributed by atoms with Crippen molar-refractivity contribution in [1.82, 2.24) is 0 Å². The first-order valence-corrected chi connectivity index (χ1v) is 12.0. The van der Waals surface area contributed by atoms with Crippen LogP contribution in [-0.4, -0.2) is 25.8 Å². The Kier molecular flexibility index (Phi) is 8.90. The summed E-state index contributed by atoms with van der Waals surface area (Å²) in [4.78, 5) is 26.1. The van der Waals surface area contributed by atoms with Crippen molar-refractivity contribution in [2.24, 2.45) is 0 Å². The van der Waals surface area contributed by atoms with E-state index in [0.717, 1.165) is 16.7 Å². The van der Waals surface area contributed by atoms with E-state index in [0.29, 0.717) is 57.1 Å². The van der Waals surface area contributed by atoms with E-state index >= 15 is 0 Å². The zero-order valence-electron chi connectivity index (χ0n) is 22.6. The molecule has 0 atom stereocenters. The maximum Gasteiger partial charge on any atom is 0.344 e. The summed E-state index contributed by atoms with van der Waals surface area (Å²) in [6, 6.07) is 11.7. The van der Waals surface area contributed by atoms with Gasteiger partial charge >= 0.3 is 11.9 Å². The van der Waals surface area contributed by atoms with Crippen LogP contribution < -0.4 is 9.47 Å². The first-order valence-electron chi connectivity index (χ1n) is 12.0. The molecule has 0 fully saturated rings. The van der Waals surface area contributed by atoms with Gasteiger partial charge in [0.1, 0.15) is 18.1 Å². The highest BCUT2D eigenvalue weighted by Crippen LogP contribution is 2.35. The fraction of sp³-hybridized carbons (Fsp3) is 0.290. The fourth-order valence-electron chi connectivity index (χ4n) is 4.39. The molecule has 194 valence electrons. The van der Waals surface area contributed by atoms with E-state index in [1.54, 1.807) is 6.08 Å². The molecule has 0 aliphatic rings. The molecule has 6 nitrogen and oxygen atoms in total. The Labute approximate surface area is 218 Å². The lowest BCUT2D eigenvalue weighted by Gasteiger charge is -2.21. The average molecular weight is 503 g/mol. The first kappa shape index (κ1) is 27.7. The second-order valence-electron chi connectivity index (χ2n) is 9.02. The summed E-state index contributed by atoms with van der Waals surface area (Å²) in [7, 11) is 1.45. The summed E-state index contributed by atoms with van der Waals surface area (Å²) in [6.07, 6.45) is 1.65. The molecule has 0 amide bonds. The van der Waals surface area contributed by atoms with Gasteiger partial charge < -0.3 is 18.9 Å². The van der Waals surface area contributed by atoms with Gasteiger partial charge in [0.15, 0.2) is 6.79 Å². The third kappa shape index (κ3) is 5.75. The molecule has 3 aromatic carbocycles. The monoisotopic (exact) mass is 502 g/mol. The number of aryl methyl sites for hydroxylation is 1. The predicted octanol–water partition coefficient (Wildman–Crippen LogP) is 6.74. The van der Waals surface area contributed by atoms with Crippen LogP contribution in [0.15, 0.2) is 43.0 Å². The van der Waals surface area contributed by atoms with Crippen LogP contribution in [0, 0.1) is 41.5 Å². The van der Waals surface area contributed by atoms with Crippen LogP contribution >= 0.6 is 0 Å². The molecule has 0 aliphatic carbocycles. The summed E-state index contributed by atoms with van der Waals surface area (Å²) in [5.74, 6) is 0.141. The van der Waals surface area contributed by atoms with Gasteiger partial charge in [-0.05, 0) is 92.1 Å². The molecular weight excluding hydrogens is 468 g/mol. The largest absolute Gasteiger partial charge is 0.489 e. The number of carbonyl (C=O) groups is 2. The van der Waals surface area contributed by atoms with Gasteiger partial charge in [0, 0.05) is 7.11 Å². The molecule has 0 saturated carbocycles. The van der Waals surface area contributed by atoms with Crippen molar-refractivity contribution in [3.05, 3.63) is 98.6 Å². The lowest BCUT2D eigenvalue weighted by molar-refractivity contribution is -0.0126. The zero-order valence-corrected chi connectivity index (χ0v) is 22.6. The smallest absolute Gasteiger partial charge is 0.344 e. The Morgan fingerprint density at radius 1 is 0.838 bits per heavy atom. The van der Waals surface area contributed by atoms with Crippen molar-refractivity contribution >= 4 is 18.0 Å². The third-order valence-electron chi connectivity index (χ3n) is 6.69. The molecule has 0 aliphatic heterocycles. The van der Waals surface area contributed by atoms with E-state index in [4.69, 9.17) is 18.9 Å². The number of hydrogen-bond donors (Lipinski definition) is 0. The Morgan fingerprint density at radius 3 is 2.03 bits per heavy atom. The molecule has 6 heteroatoms. The molecule has 0 spiro atoms. The summed E-state index contributed by atoms with van der Waals surface area (Å²) >= 11 is 0. The number of ether oxygens (including phenoxy) is 4. The molecule has 0 aromatic heterocycles. The first-order chi connectivity index (χ1) is 17.6. The van der Waals surface area contributed by atoms with Gasteiger partial charge in [-0.2, -0.15) is 0 Å². The van der Waals surface area contributed by atoms with Gasteiger partial charge in [-0.1, -0.05) is 43.0 Å². The predicted molar refractivity (Wildman–Crippen MR) is 144 cm³/mol. The molecule has 37 heavy (non-hydrogen) atoms. The van der Waals surface area contributed by atoms with Crippen molar-refractivity contribution in [3.8, 4) is 11.5 Å². The van der Waals surface area contributed by atoms with Gasteiger partial charge in [-0.3, -0.25) is 0 Å². The van der Waals surface area contributed by atoms with Gasteiger partial charge in [-0.25, -0.2) is 9.59 Å². The number of hydrogen-bond acceptors (Lipinski definition) is 6. The van der Waals surface area contributed by atoms with Gasteiger partial charge in [0.25, 0.3) is 0 Å². The standard InChI is InChI=1S/C31H34O6/c1-9-25-23(7)26(35-16-24-13-11-10-12-14-24)15-18(2)27(25)31(33)37-29-21(5)19(3)28(20(4)22(29)6)30(32)36-17-34-8/h9-15H,1,16-17H2,2-8H3. The maximum atomic E-state index is 13.5. The third-order valence-corrected chi connectivity index (χ3v) is 6.69. The molecular formula is C31H34O6. The number of methoxy groups -OCH3 is 1. The Bertz CT molecular complexity index is 1310. The van der Waals surface area contributed by atoms with Crippen LogP contribution in [0.3, 0.4) is 0 Å². The van der Waals surface area contributed by atoms with Crippen LogP contribution in [0.2, 0.25) is 0 Å². The minimum Gasteiger partial charge on any atom is -0.489 e. The number of carbonyl (C=O) groups excluding carboxylic acids is 2. The summed E-state index contributed by atoms with van der Waals surface area (Å²) in [5.41, 5.74) is 6.88. The Hall–Kier alpha value is -3.90. The minimum atomic E-state index is -0.496. The summed E-state index contributed by atoms with van der Waals surface area (Å²) in [6.45, 7) is 15.2. The summed E-state index contributed by atoms with van der Waals surface area (Å²) < 4.78 is 22.1. The SMILES string of the molecule is C=Cc1c(C)c(OCc2ccccc2)cc(C)c1C(=O)Oc1c(C)c(C)c(C(=O)OCOC)c(C)c1C. The number of benzene rings is 3. The lowest BCUT2D eigenvalue weighted by atomic mass is 9.92. The van der Waals surface area contributed by atoms with Crippen LogP contribution in [0.1, 0.15) is 65.2 Å². The van der Waals surface area contributed by atoms with Gasteiger partial charge in [-0.15, -0.1) is 0 Å². The normalized spacial score (nSPS) is 10.7. The highest BCUT2D eigenvalue weighted by Gasteiger charge is 2.26. The van der Waals surface area contributed by atoms with E-state index in [9.17, 15) is 9.59 Å². The highest BCUT2D eigenvalue weighted by atomic mass is 16.7. The average Bonchev–Trinajstić information content (AvgIpc) is 2.89. The minimum absolute atomic E-state index is 0.138. The fourth-order valence-corrected chi connectivity index (χ4v) is 4.39. The molecule has 0 bridgehead atoms. The van der Waals surface area contributed by atoms with Crippen LogP contribution in [0.4, 0.5) is 0 Å². The molecule has 0 heterocycles. The molecule has 3 rings (SSSR count). The van der Waals surface area contributed by atoms with E-state index in [2.05, 4.69) is 6.58 Å². The zero-order chi connectivity index (χ0) is 27.3. The molecule has 0 N–H and O–H groups in total. The lowest BCUT2D eigenvalue weighted by Crippen LogP contribution is -2.18. The van der Waals surface area contributed by atoms with Crippen molar-refractivity contribution < 1.29 is 28.5 Å². The van der Waals surface area contributed by atoms with Crippen molar-refractivity contribution in [2.75, 3.05) is 13.9 Å². The number of rotatable bonds is 9. The van der Waals surface area contributed by atoms with Gasteiger partial charge in [0.2, 0.25) is 0 Å². The van der Waals surface area contributed by atoms with Crippen molar-refractivity contribution in [1.29, 1.82) is 0 Å². The van der Waals surface area contributed by atoms with Crippen LogP contribution in [0.25, 0.3) is 6.08 Å². The second kappa shape index (κ2) is 11.9. The Morgan fingerprint density at radius 2 is 1.46 bits per heavy atom. The Balaban J connectivity index is 1.96. The van der Waals surface area contributed by atoms with Crippen molar-refractivity contribution in [2.45, 2.75) is 48.1 Å². The van der Waals surface area contributed by atoms with E-state index in [-0.39, 0.29) is 6.79 Å². The second-order valence-corrected chi connectivity index (χ2v) is 9.02. The quantitative estimate of drug-likeness (QED) is 0.183. The van der Waals surface area contributed by atoms with Crippen LogP contribution in [0.5, 0.6) is 11.5 Å². The van der Waals surface area contributed by atoms with E-state index in [1.165, 1.54) is 7.11 Å². The van der Waals surface area contributed by atoms with E-state index in [1.807, 2.05) is 77.9 Å². The van der Waals surface area contributed by atoms with Gasteiger partial charge in [0.05, 0.1) is 11.1 Å². The van der Waals surface area contributed by atoms with Crippen LogP contribution in [-0.2, 0) is 16.1 Å². The van der Waals surface area contributed by atoms with Crippen molar-refractivity contribution in [3.63, 3.8) is 0 Å². The molecule has 3 aromatic rings. The highest BCUT2D eigenvalue weighted by molar-refractivity contribution is 5.98. The molecule has 0 radical (unpaired) electrons. The molecule has 0 saturated heterocycles. The molecule has 0 unspecified atom stereocenters. The topological polar surface area (TPSA) is 71.1 Å². The number of esters is 2. The summed E-state index contributed by atoms with van der Waals surface area (Å²) in [5, 5.41) is 0. The van der Waals surface area contributed by atoms with E-state index < -0.39 is 11.9 Å².